The molecule has 0 aromatic rings. The Bertz CT molecular complexity index is 282. The number of hydrogen-bond acceptors (Lipinski definition) is 0. The summed E-state index contributed by atoms with van der Waals surface area (Å²) in [6, 6.07) is 0. The number of hydrogen-bond donors (Lipinski definition) is 0. The van der Waals surface area contributed by atoms with E-state index in [2.05, 4.69) is 34.6 Å². The Balaban J connectivity index is 2.00. The minimum atomic E-state index is 0.719. The Morgan fingerprint density at radius 2 is 1.64 bits per heavy atom. The van der Waals surface area contributed by atoms with Crippen LogP contribution in [-0.4, -0.2) is 0 Å². The summed E-state index contributed by atoms with van der Waals surface area (Å²) in [5.74, 6) is 5.07. The molecule has 0 aromatic heterocycles. The Hall–Kier alpha value is 0. The molecule has 0 aliphatic heterocycles. The first-order valence-electron chi connectivity index (χ1n) is 6.42. The van der Waals surface area contributed by atoms with Crippen LogP contribution < -0.4 is 0 Å². The van der Waals surface area contributed by atoms with Gasteiger partial charge in [-0.05, 0) is 53.3 Å². The smallest absolute Gasteiger partial charge is 0.0230 e. The zero-order valence-corrected chi connectivity index (χ0v) is 10.3. The lowest BCUT2D eigenvalue weighted by atomic mass is 9.79. The van der Waals surface area contributed by atoms with Crippen molar-refractivity contribution in [1.29, 1.82) is 0 Å². The third-order valence-electron chi connectivity index (χ3n) is 6.87. The van der Waals surface area contributed by atoms with E-state index in [9.17, 15) is 0 Å². The lowest BCUT2D eigenvalue weighted by Crippen LogP contribution is -2.20. The standard InChI is InChI=1S/C14H24/c1-8-6-11-10(3)13(4)7-14(13,5)12(11)9(8)2/h8-12H,6-7H2,1-5H3. The number of rotatable bonds is 0. The second-order valence-corrected chi connectivity index (χ2v) is 7.06. The van der Waals surface area contributed by atoms with E-state index in [1.807, 2.05) is 0 Å². The van der Waals surface area contributed by atoms with Gasteiger partial charge in [-0.2, -0.15) is 0 Å². The molecule has 0 heterocycles. The molecule has 0 amide bonds. The molecule has 0 radical (unpaired) electrons. The topological polar surface area (TPSA) is 0 Å². The first-order chi connectivity index (χ1) is 6.42. The SMILES string of the molecule is CC1CC2C(C)C3(C)CC3(C)C2C1C. The Morgan fingerprint density at radius 1 is 1.00 bits per heavy atom. The van der Waals surface area contributed by atoms with Crippen molar-refractivity contribution in [1.82, 2.24) is 0 Å². The van der Waals surface area contributed by atoms with Crippen molar-refractivity contribution < 1.29 is 0 Å². The molecule has 3 rings (SSSR count). The van der Waals surface area contributed by atoms with Gasteiger partial charge >= 0.3 is 0 Å². The highest BCUT2D eigenvalue weighted by molar-refractivity contribution is 5.24. The van der Waals surface area contributed by atoms with Crippen LogP contribution in [0.25, 0.3) is 0 Å². The second-order valence-electron chi connectivity index (χ2n) is 7.06. The van der Waals surface area contributed by atoms with Crippen molar-refractivity contribution in [3.8, 4) is 0 Å². The molecule has 14 heavy (non-hydrogen) atoms. The molecule has 3 saturated carbocycles. The van der Waals surface area contributed by atoms with Gasteiger partial charge < -0.3 is 0 Å². The van der Waals surface area contributed by atoms with Crippen molar-refractivity contribution in [2.45, 2.75) is 47.5 Å². The Morgan fingerprint density at radius 3 is 2.21 bits per heavy atom. The van der Waals surface area contributed by atoms with Crippen LogP contribution in [0.4, 0.5) is 0 Å². The minimum Gasteiger partial charge on any atom is -0.0622 e. The van der Waals surface area contributed by atoms with Gasteiger partial charge in [-0.1, -0.05) is 34.6 Å². The van der Waals surface area contributed by atoms with E-state index in [1.54, 1.807) is 0 Å². The van der Waals surface area contributed by atoms with Crippen molar-refractivity contribution in [2.24, 2.45) is 40.4 Å². The van der Waals surface area contributed by atoms with Gasteiger partial charge in [0.25, 0.3) is 0 Å². The molecule has 7 atom stereocenters. The van der Waals surface area contributed by atoms with Crippen molar-refractivity contribution in [2.75, 3.05) is 0 Å². The summed E-state index contributed by atoms with van der Waals surface area (Å²) in [5.41, 5.74) is 1.44. The zero-order valence-electron chi connectivity index (χ0n) is 10.3. The average molecular weight is 192 g/mol. The molecule has 0 heteroatoms. The normalized spacial score (nSPS) is 70.5. The van der Waals surface area contributed by atoms with Gasteiger partial charge in [0, 0.05) is 0 Å². The molecular formula is C14H24. The highest BCUT2D eigenvalue weighted by Crippen LogP contribution is 2.82. The maximum atomic E-state index is 2.57. The van der Waals surface area contributed by atoms with E-state index in [0.717, 1.165) is 40.4 Å². The monoisotopic (exact) mass is 192 g/mol. The summed E-state index contributed by atoms with van der Waals surface area (Å²) in [4.78, 5) is 0. The molecule has 0 nitrogen and oxygen atoms in total. The summed E-state index contributed by atoms with van der Waals surface area (Å²) in [6.07, 6.45) is 3.03. The fourth-order valence-electron chi connectivity index (χ4n) is 5.47. The predicted molar refractivity (Wildman–Crippen MR) is 59.9 cm³/mol. The van der Waals surface area contributed by atoms with Gasteiger partial charge in [0.15, 0.2) is 0 Å². The molecule has 0 N–H and O–H groups in total. The van der Waals surface area contributed by atoms with Crippen molar-refractivity contribution >= 4 is 0 Å². The molecule has 0 spiro atoms. The molecular weight excluding hydrogens is 168 g/mol. The first kappa shape index (κ1) is 9.24. The van der Waals surface area contributed by atoms with Crippen LogP contribution in [0.3, 0.4) is 0 Å². The molecule has 0 aromatic carbocycles. The summed E-state index contributed by atoms with van der Waals surface area (Å²) < 4.78 is 0. The van der Waals surface area contributed by atoms with Crippen LogP contribution in [0.2, 0.25) is 0 Å². The average Bonchev–Trinajstić information content (AvgIpc) is 2.46. The van der Waals surface area contributed by atoms with E-state index >= 15 is 0 Å². The molecule has 3 aliphatic carbocycles. The highest BCUT2D eigenvalue weighted by atomic mass is 14.8. The van der Waals surface area contributed by atoms with Crippen LogP contribution in [0.5, 0.6) is 0 Å². The fourth-order valence-corrected chi connectivity index (χ4v) is 5.47. The Kier molecular flexibility index (Phi) is 1.47. The second kappa shape index (κ2) is 2.23. The van der Waals surface area contributed by atoms with Crippen LogP contribution in [0, 0.1) is 40.4 Å². The summed E-state index contributed by atoms with van der Waals surface area (Å²) >= 11 is 0. The third kappa shape index (κ3) is 0.717. The third-order valence-corrected chi connectivity index (χ3v) is 6.87. The molecule has 0 bridgehead atoms. The predicted octanol–water partition coefficient (Wildman–Crippen LogP) is 3.96. The van der Waals surface area contributed by atoms with E-state index in [1.165, 1.54) is 12.8 Å². The zero-order chi connectivity index (χ0) is 10.3. The molecule has 80 valence electrons. The maximum Gasteiger partial charge on any atom is -0.0230 e. The van der Waals surface area contributed by atoms with Gasteiger partial charge in [0.2, 0.25) is 0 Å². The lowest BCUT2D eigenvalue weighted by Gasteiger charge is -2.25. The van der Waals surface area contributed by atoms with Crippen LogP contribution in [-0.2, 0) is 0 Å². The van der Waals surface area contributed by atoms with Gasteiger partial charge in [-0.3, -0.25) is 0 Å². The van der Waals surface area contributed by atoms with E-state index in [4.69, 9.17) is 0 Å². The lowest BCUT2D eigenvalue weighted by molar-refractivity contribution is 0.224. The maximum absolute atomic E-state index is 2.57. The van der Waals surface area contributed by atoms with Gasteiger partial charge in [0.1, 0.15) is 0 Å². The summed E-state index contributed by atoms with van der Waals surface area (Å²) in [6.45, 7) is 12.6. The molecule has 0 saturated heterocycles. The quantitative estimate of drug-likeness (QED) is 0.545. The van der Waals surface area contributed by atoms with Gasteiger partial charge in [0.05, 0.1) is 0 Å². The highest BCUT2D eigenvalue weighted by Gasteiger charge is 2.76. The van der Waals surface area contributed by atoms with Crippen molar-refractivity contribution in [3.05, 3.63) is 0 Å². The summed E-state index contributed by atoms with van der Waals surface area (Å²) in [5, 5.41) is 0. The van der Waals surface area contributed by atoms with E-state index in [0.29, 0.717) is 0 Å². The van der Waals surface area contributed by atoms with E-state index in [-0.39, 0.29) is 0 Å². The fraction of sp³-hybridized carbons (Fsp3) is 1.00. The van der Waals surface area contributed by atoms with Crippen LogP contribution in [0.15, 0.2) is 0 Å². The Labute approximate surface area is 88.5 Å². The van der Waals surface area contributed by atoms with Crippen molar-refractivity contribution in [3.63, 3.8) is 0 Å². The molecule has 3 fully saturated rings. The first-order valence-corrected chi connectivity index (χ1v) is 6.42. The van der Waals surface area contributed by atoms with Gasteiger partial charge in [-0.25, -0.2) is 0 Å². The largest absolute Gasteiger partial charge is 0.0622 e. The minimum absolute atomic E-state index is 0.719. The molecule has 7 unspecified atom stereocenters. The van der Waals surface area contributed by atoms with Crippen LogP contribution in [0.1, 0.15) is 47.5 Å². The molecule has 3 aliphatic rings. The number of fused-ring (bicyclic) bond motifs is 3. The van der Waals surface area contributed by atoms with E-state index < -0.39 is 0 Å². The summed E-state index contributed by atoms with van der Waals surface area (Å²) in [7, 11) is 0. The van der Waals surface area contributed by atoms with Gasteiger partial charge in [-0.15, -0.1) is 0 Å². The van der Waals surface area contributed by atoms with Crippen LogP contribution >= 0.6 is 0 Å².